The second kappa shape index (κ2) is 9.98. The highest BCUT2D eigenvalue weighted by Crippen LogP contribution is 2.23. The van der Waals surface area contributed by atoms with E-state index in [4.69, 9.17) is 21.1 Å². The van der Waals surface area contributed by atoms with Gasteiger partial charge in [0.1, 0.15) is 18.1 Å². The van der Waals surface area contributed by atoms with Gasteiger partial charge in [-0.25, -0.2) is 5.43 Å². The fourth-order valence-electron chi connectivity index (χ4n) is 3.35. The molecule has 0 unspecified atom stereocenters. The van der Waals surface area contributed by atoms with Gasteiger partial charge in [-0.15, -0.1) is 0 Å². The van der Waals surface area contributed by atoms with E-state index in [0.717, 1.165) is 11.1 Å². The molecule has 4 aromatic rings. The summed E-state index contributed by atoms with van der Waals surface area (Å²) in [7, 11) is 1.49. The molecule has 0 radical (unpaired) electrons. The third kappa shape index (κ3) is 5.07. The number of hydrogen-bond acceptors (Lipinski definition) is 4. The number of rotatable bonds is 7. The van der Waals surface area contributed by atoms with Crippen LogP contribution in [0.15, 0.2) is 90.0 Å². The molecule has 4 aromatic carbocycles. The van der Waals surface area contributed by atoms with E-state index in [2.05, 4.69) is 34.8 Å². The molecule has 1 N–H and O–H groups in total. The zero-order valence-electron chi connectivity index (χ0n) is 17.4. The maximum atomic E-state index is 12.4. The van der Waals surface area contributed by atoms with Crippen LogP contribution in [-0.4, -0.2) is 19.2 Å². The number of hydrazone groups is 1. The van der Waals surface area contributed by atoms with Crippen molar-refractivity contribution in [3.8, 4) is 11.5 Å². The minimum absolute atomic E-state index is 0.310. The van der Waals surface area contributed by atoms with Gasteiger partial charge in [0.15, 0.2) is 0 Å². The molecule has 0 atom stereocenters. The molecule has 0 saturated carbocycles. The number of benzene rings is 4. The number of carbonyl (C=O) groups is 1. The van der Waals surface area contributed by atoms with Crippen molar-refractivity contribution in [3.63, 3.8) is 0 Å². The van der Waals surface area contributed by atoms with Crippen LogP contribution in [-0.2, 0) is 6.61 Å². The summed E-state index contributed by atoms with van der Waals surface area (Å²) in [4.78, 5) is 12.4. The molecule has 160 valence electrons. The largest absolute Gasteiger partial charge is 0.496 e. The Bertz CT molecular complexity index is 1280. The smallest absolute Gasteiger partial charge is 0.275 e. The fraction of sp³-hybridized carbons (Fsp3) is 0.0769. The first-order valence-electron chi connectivity index (χ1n) is 10.0. The maximum absolute atomic E-state index is 12.4. The quantitative estimate of drug-likeness (QED) is 0.287. The molecule has 6 heteroatoms. The summed E-state index contributed by atoms with van der Waals surface area (Å²) in [5, 5.41) is 6.84. The van der Waals surface area contributed by atoms with Gasteiger partial charge in [-0.05, 0) is 52.2 Å². The van der Waals surface area contributed by atoms with Gasteiger partial charge in [-0.3, -0.25) is 4.79 Å². The molecule has 0 heterocycles. The van der Waals surface area contributed by atoms with Crippen LogP contribution in [0.3, 0.4) is 0 Å². The van der Waals surface area contributed by atoms with Crippen LogP contribution in [0.4, 0.5) is 0 Å². The summed E-state index contributed by atoms with van der Waals surface area (Å²) in [6, 6.07) is 26.7. The molecule has 5 nitrogen and oxygen atoms in total. The predicted molar refractivity (Wildman–Crippen MR) is 128 cm³/mol. The van der Waals surface area contributed by atoms with Crippen LogP contribution in [0.25, 0.3) is 10.8 Å². The highest BCUT2D eigenvalue weighted by Gasteiger charge is 2.12. The van der Waals surface area contributed by atoms with Gasteiger partial charge in [0.2, 0.25) is 0 Å². The number of halogens is 1. The lowest BCUT2D eigenvalue weighted by molar-refractivity contribution is 0.0952. The van der Waals surface area contributed by atoms with Crippen molar-refractivity contribution < 1.29 is 14.3 Å². The minimum Gasteiger partial charge on any atom is -0.496 e. The van der Waals surface area contributed by atoms with Gasteiger partial charge < -0.3 is 9.47 Å². The highest BCUT2D eigenvalue weighted by atomic mass is 35.5. The third-order valence-electron chi connectivity index (χ3n) is 4.92. The zero-order chi connectivity index (χ0) is 22.3. The van der Waals surface area contributed by atoms with Crippen LogP contribution in [0.5, 0.6) is 11.5 Å². The number of methoxy groups -OCH3 is 1. The molecule has 4 rings (SSSR count). The Morgan fingerprint density at radius 1 is 1.00 bits per heavy atom. The SMILES string of the molecule is COc1ccc(Cl)cc1C(=O)NN=Cc1cccc(OCc2cccc3ccccc23)c1. The van der Waals surface area contributed by atoms with E-state index in [1.165, 1.54) is 23.9 Å². The Labute approximate surface area is 191 Å². The van der Waals surface area contributed by atoms with Gasteiger partial charge >= 0.3 is 0 Å². The van der Waals surface area contributed by atoms with E-state index in [0.29, 0.717) is 28.7 Å². The summed E-state index contributed by atoms with van der Waals surface area (Å²) in [5.74, 6) is 0.722. The molecule has 32 heavy (non-hydrogen) atoms. The number of nitrogens with zero attached hydrogens (tertiary/aromatic N) is 1. The fourth-order valence-corrected chi connectivity index (χ4v) is 3.52. The van der Waals surface area contributed by atoms with Crippen molar-refractivity contribution in [2.24, 2.45) is 5.10 Å². The lowest BCUT2D eigenvalue weighted by Crippen LogP contribution is -2.18. The van der Waals surface area contributed by atoms with Gasteiger partial charge in [-0.2, -0.15) is 5.10 Å². The van der Waals surface area contributed by atoms with Gasteiger partial charge in [-0.1, -0.05) is 66.2 Å². The molecular weight excluding hydrogens is 424 g/mol. The van der Waals surface area contributed by atoms with E-state index in [9.17, 15) is 4.79 Å². The number of nitrogens with one attached hydrogen (secondary N) is 1. The molecule has 0 aliphatic rings. The Balaban J connectivity index is 1.41. The molecular formula is C26H21ClN2O3. The van der Waals surface area contributed by atoms with Gasteiger partial charge in [0.05, 0.1) is 18.9 Å². The first-order valence-corrected chi connectivity index (χ1v) is 10.4. The molecule has 0 aliphatic heterocycles. The van der Waals surface area contributed by atoms with Crippen molar-refractivity contribution in [1.29, 1.82) is 0 Å². The first-order chi connectivity index (χ1) is 15.6. The molecule has 0 aromatic heterocycles. The van der Waals surface area contributed by atoms with Crippen LogP contribution >= 0.6 is 11.6 Å². The van der Waals surface area contributed by atoms with E-state index in [-0.39, 0.29) is 0 Å². The van der Waals surface area contributed by atoms with Crippen LogP contribution in [0, 0.1) is 0 Å². The Morgan fingerprint density at radius 3 is 2.69 bits per heavy atom. The summed E-state index contributed by atoms with van der Waals surface area (Å²) in [5.41, 5.74) is 4.71. The zero-order valence-corrected chi connectivity index (χ0v) is 18.2. The van der Waals surface area contributed by atoms with Crippen molar-refractivity contribution in [2.45, 2.75) is 6.61 Å². The summed E-state index contributed by atoms with van der Waals surface area (Å²) < 4.78 is 11.2. The number of amides is 1. The number of fused-ring (bicyclic) bond motifs is 1. The standard InChI is InChI=1S/C26H21ClN2O3/c1-31-25-13-12-21(27)15-24(25)26(30)29-28-16-18-6-4-10-22(14-18)32-17-20-9-5-8-19-7-2-3-11-23(19)20/h2-16H,17H2,1H3,(H,29,30). The Hall–Kier alpha value is -3.83. The average molecular weight is 445 g/mol. The van der Waals surface area contributed by atoms with Crippen molar-refractivity contribution in [3.05, 3.63) is 107 Å². The van der Waals surface area contributed by atoms with E-state index < -0.39 is 5.91 Å². The van der Waals surface area contributed by atoms with Crippen LogP contribution in [0.2, 0.25) is 5.02 Å². The Morgan fingerprint density at radius 2 is 1.81 bits per heavy atom. The molecule has 0 fully saturated rings. The molecule has 1 amide bonds. The summed E-state index contributed by atoms with van der Waals surface area (Å²) in [6.07, 6.45) is 1.56. The molecule has 0 spiro atoms. The van der Waals surface area contributed by atoms with E-state index in [1.807, 2.05) is 42.5 Å². The summed E-state index contributed by atoms with van der Waals surface area (Å²) in [6.45, 7) is 0.452. The van der Waals surface area contributed by atoms with Crippen LogP contribution < -0.4 is 14.9 Å². The number of carbonyl (C=O) groups excluding carboxylic acids is 1. The van der Waals surface area contributed by atoms with Crippen molar-refractivity contribution >= 4 is 34.5 Å². The Kier molecular flexibility index (Phi) is 6.68. The van der Waals surface area contributed by atoms with Crippen molar-refractivity contribution in [2.75, 3.05) is 7.11 Å². The maximum Gasteiger partial charge on any atom is 0.275 e. The number of hydrogen-bond donors (Lipinski definition) is 1. The lowest BCUT2D eigenvalue weighted by Gasteiger charge is -2.09. The minimum atomic E-state index is -0.413. The second-order valence-electron chi connectivity index (χ2n) is 7.04. The van der Waals surface area contributed by atoms with Gasteiger partial charge in [0.25, 0.3) is 5.91 Å². The topological polar surface area (TPSA) is 59.9 Å². The van der Waals surface area contributed by atoms with Crippen LogP contribution in [0.1, 0.15) is 21.5 Å². The molecule has 0 bridgehead atoms. The highest BCUT2D eigenvalue weighted by molar-refractivity contribution is 6.31. The lowest BCUT2D eigenvalue weighted by atomic mass is 10.1. The molecule has 0 aliphatic carbocycles. The third-order valence-corrected chi connectivity index (χ3v) is 5.15. The average Bonchev–Trinajstić information content (AvgIpc) is 2.83. The van der Waals surface area contributed by atoms with Crippen molar-refractivity contribution in [1.82, 2.24) is 5.43 Å². The normalized spacial score (nSPS) is 10.9. The second-order valence-corrected chi connectivity index (χ2v) is 7.48. The monoisotopic (exact) mass is 444 g/mol. The predicted octanol–water partition coefficient (Wildman–Crippen LogP) is 5.84. The number of ether oxygens (including phenoxy) is 2. The first kappa shape index (κ1) is 21.4. The molecule has 0 saturated heterocycles. The van der Waals surface area contributed by atoms with E-state index >= 15 is 0 Å². The van der Waals surface area contributed by atoms with Gasteiger partial charge in [0, 0.05) is 5.02 Å². The summed E-state index contributed by atoms with van der Waals surface area (Å²) >= 11 is 5.98. The van der Waals surface area contributed by atoms with E-state index in [1.54, 1.807) is 18.3 Å².